The first-order valence-electron chi connectivity index (χ1n) is 7.37. The van der Waals surface area contributed by atoms with Gasteiger partial charge in [-0.15, -0.1) is 0 Å². The predicted octanol–water partition coefficient (Wildman–Crippen LogP) is 3.42. The molecule has 0 heterocycles. The molecule has 4 heteroatoms. The average Bonchev–Trinajstić information content (AvgIpc) is 2.73. The van der Waals surface area contributed by atoms with E-state index >= 15 is 0 Å². The molecule has 0 saturated heterocycles. The van der Waals surface area contributed by atoms with Crippen LogP contribution in [-0.2, 0) is 0 Å². The molecule has 0 aromatic heterocycles. The molecule has 0 radical (unpaired) electrons. The summed E-state index contributed by atoms with van der Waals surface area (Å²) < 4.78 is 13.8. The lowest BCUT2D eigenvalue weighted by atomic mass is 9.97. The maximum Gasteiger partial charge on any atom is 0.253 e. The smallest absolute Gasteiger partial charge is 0.253 e. The molecule has 1 saturated carbocycles. The first kappa shape index (κ1) is 14.8. The number of para-hydroxylation sites is 1. The van der Waals surface area contributed by atoms with E-state index in [1.54, 1.807) is 12.1 Å². The summed E-state index contributed by atoms with van der Waals surface area (Å²) in [6, 6.07) is 4.80. The number of rotatable bonds is 4. The second-order valence-corrected chi connectivity index (χ2v) is 5.69. The quantitative estimate of drug-likeness (QED) is 0.886. The van der Waals surface area contributed by atoms with Crippen LogP contribution < -0.4 is 10.6 Å². The SMILES string of the molecule is CCNc1c(F)cccc1C(=O)NC1CCC(C)C1C. The zero-order chi connectivity index (χ0) is 14.7. The zero-order valence-electron chi connectivity index (χ0n) is 12.4. The number of halogens is 1. The van der Waals surface area contributed by atoms with Crippen molar-refractivity contribution < 1.29 is 9.18 Å². The first-order valence-corrected chi connectivity index (χ1v) is 7.37. The van der Waals surface area contributed by atoms with E-state index in [2.05, 4.69) is 24.5 Å². The molecular formula is C16H23FN2O. The highest BCUT2D eigenvalue weighted by molar-refractivity contribution is 5.99. The molecule has 0 bridgehead atoms. The lowest BCUT2D eigenvalue weighted by Crippen LogP contribution is -2.37. The van der Waals surface area contributed by atoms with Gasteiger partial charge in [-0.2, -0.15) is 0 Å². The van der Waals surface area contributed by atoms with Crippen LogP contribution in [0.15, 0.2) is 18.2 Å². The van der Waals surface area contributed by atoms with Gasteiger partial charge in [0.25, 0.3) is 5.91 Å². The Bertz CT molecular complexity index is 489. The molecule has 1 aliphatic carbocycles. The predicted molar refractivity (Wildman–Crippen MR) is 79.4 cm³/mol. The summed E-state index contributed by atoms with van der Waals surface area (Å²) in [5.74, 6) is 0.523. The van der Waals surface area contributed by atoms with Gasteiger partial charge in [-0.05, 0) is 43.7 Å². The molecule has 20 heavy (non-hydrogen) atoms. The monoisotopic (exact) mass is 278 g/mol. The molecule has 2 N–H and O–H groups in total. The number of anilines is 1. The first-order chi connectivity index (χ1) is 9.54. The van der Waals surface area contributed by atoms with E-state index < -0.39 is 0 Å². The van der Waals surface area contributed by atoms with E-state index in [0.29, 0.717) is 29.6 Å². The van der Waals surface area contributed by atoms with Crippen LogP contribution in [0.1, 0.15) is 44.0 Å². The van der Waals surface area contributed by atoms with Gasteiger partial charge in [0.05, 0.1) is 11.3 Å². The van der Waals surface area contributed by atoms with Gasteiger partial charge >= 0.3 is 0 Å². The van der Waals surface area contributed by atoms with E-state index in [1.807, 2.05) is 6.92 Å². The number of nitrogens with one attached hydrogen (secondary N) is 2. The number of hydrogen-bond donors (Lipinski definition) is 2. The summed E-state index contributed by atoms with van der Waals surface area (Å²) in [5, 5.41) is 5.99. The van der Waals surface area contributed by atoms with Crippen molar-refractivity contribution in [3.05, 3.63) is 29.6 Å². The molecule has 0 aliphatic heterocycles. The zero-order valence-corrected chi connectivity index (χ0v) is 12.4. The second-order valence-electron chi connectivity index (χ2n) is 5.69. The Morgan fingerprint density at radius 3 is 2.70 bits per heavy atom. The summed E-state index contributed by atoms with van der Waals surface area (Å²) in [5.41, 5.74) is 0.685. The van der Waals surface area contributed by atoms with Crippen LogP contribution >= 0.6 is 0 Å². The fourth-order valence-electron chi connectivity index (χ4n) is 2.88. The summed E-state index contributed by atoms with van der Waals surface area (Å²) in [6.07, 6.45) is 2.13. The number of carbonyl (C=O) groups excluding carboxylic acids is 1. The highest BCUT2D eigenvalue weighted by atomic mass is 19.1. The highest BCUT2D eigenvalue weighted by Gasteiger charge is 2.31. The Kier molecular flexibility index (Phi) is 4.63. The number of benzene rings is 1. The number of hydrogen-bond acceptors (Lipinski definition) is 2. The molecule has 1 fully saturated rings. The molecule has 1 amide bonds. The van der Waals surface area contributed by atoms with Crippen molar-refractivity contribution in [2.75, 3.05) is 11.9 Å². The Labute approximate surface area is 120 Å². The minimum atomic E-state index is -0.382. The molecule has 1 aliphatic rings. The van der Waals surface area contributed by atoms with Crippen LogP contribution in [0.5, 0.6) is 0 Å². The van der Waals surface area contributed by atoms with E-state index in [9.17, 15) is 9.18 Å². The maximum atomic E-state index is 13.8. The van der Waals surface area contributed by atoms with E-state index in [0.717, 1.165) is 12.8 Å². The van der Waals surface area contributed by atoms with Gasteiger partial charge in [-0.25, -0.2) is 4.39 Å². The Balaban J connectivity index is 2.15. The van der Waals surface area contributed by atoms with Crippen molar-refractivity contribution in [3.8, 4) is 0 Å². The largest absolute Gasteiger partial charge is 0.382 e. The lowest BCUT2D eigenvalue weighted by Gasteiger charge is -2.20. The van der Waals surface area contributed by atoms with Crippen LogP contribution in [0.2, 0.25) is 0 Å². The second kappa shape index (κ2) is 6.25. The Morgan fingerprint density at radius 2 is 2.10 bits per heavy atom. The van der Waals surface area contributed by atoms with Crippen LogP contribution in [0.4, 0.5) is 10.1 Å². The molecule has 1 aromatic carbocycles. The maximum absolute atomic E-state index is 13.8. The Morgan fingerprint density at radius 1 is 1.35 bits per heavy atom. The average molecular weight is 278 g/mol. The standard InChI is InChI=1S/C16H23FN2O/c1-4-18-15-12(6-5-7-13(15)17)16(20)19-14-9-8-10(2)11(14)3/h5-7,10-11,14,18H,4,8-9H2,1-3H3,(H,19,20). The third kappa shape index (κ3) is 2.94. The summed E-state index contributed by atoms with van der Waals surface area (Å²) in [4.78, 5) is 12.4. The van der Waals surface area contributed by atoms with Gasteiger partial charge in [0.2, 0.25) is 0 Å². The van der Waals surface area contributed by atoms with Gasteiger partial charge in [-0.3, -0.25) is 4.79 Å². The summed E-state index contributed by atoms with van der Waals surface area (Å²) >= 11 is 0. The van der Waals surface area contributed by atoms with E-state index in [1.165, 1.54) is 6.07 Å². The van der Waals surface area contributed by atoms with Crippen LogP contribution in [0.25, 0.3) is 0 Å². The van der Waals surface area contributed by atoms with Gasteiger partial charge < -0.3 is 10.6 Å². The molecule has 3 nitrogen and oxygen atoms in total. The number of amides is 1. The number of carbonyl (C=O) groups is 1. The summed E-state index contributed by atoms with van der Waals surface area (Å²) in [6.45, 7) is 6.84. The van der Waals surface area contributed by atoms with Gasteiger partial charge in [-0.1, -0.05) is 19.9 Å². The van der Waals surface area contributed by atoms with Crippen LogP contribution in [-0.4, -0.2) is 18.5 Å². The minimum absolute atomic E-state index is 0.189. The normalized spacial score (nSPS) is 25.5. The van der Waals surface area contributed by atoms with E-state index in [-0.39, 0.29) is 17.8 Å². The molecule has 2 rings (SSSR count). The molecule has 1 aromatic rings. The molecule has 3 unspecified atom stereocenters. The van der Waals surface area contributed by atoms with Crippen molar-refractivity contribution in [1.82, 2.24) is 5.32 Å². The van der Waals surface area contributed by atoms with Crippen LogP contribution in [0.3, 0.4) is 0 Å². The minimum Gasteiger partial charge on any atom is -0.382 e. The van der Waals surface area contributed by atoms with Gasteiger partial charge in [0, 0.05) is 12.6 Å². The Hall–Kier alpha value is -1.58. The molecule has 3 atom stereocenters. The lowest BCUT2D eigenvalue weighted by molar-refractivity contribution is 0.0928. The molecule has 0 spiro atoms. The van der Waals surface area contributed by atoms with Gasteiger partial charge in [0.15, 0.2) is 0 Å². The van der Waals surface area contributed by atoms with Crippen molar-refractivity contribution in [3.63, 3.8) is 0 Å². The third-order valence-electron chi connectivity index (χ3n) is 4.39. The van der Waals surface area contributed by atoms with Crippen molar-refractivity contribution in [2.24, 2.45) is 11.8 Å². The van der Waals surface area contributed by atoms with Crippen LogP contribution in [0, 0.1) is 17.7 Å². The topological polar surface area (TPSA) is 41.1 Å². The highest BCUT2D eigenvalue weighted by Crippen LogP contribution is 2.31. The van der Waals surface area contributed by atoms with Crippen molar-refractivity contribution >= 4 is 11.6 Å². The van der Waals surface area contributed by atoms with Gasteiger partial charge in [0.1, 0.15) is 5.82 Å². The molecular weight excluding hydrogens is 255 g/mol. The fraction of sp³-hybridized carbons (Fsp3) is 0.562. The summed E-state index contributed by atoms with van der Waals surface area (Å²) in [7, 11) is 0. The van der Waals surface area contributed by atoms with E-state index in [4.69, 9.17) is 0 Å². The van der Waals surface area contributed by atoms with Crippen molar-refractivity contribution in [2.45, 2.75) is 39.7 Å². The molecule has 110 valence electrons. The third-order valence-corrected chi connectivity index (χ3v) is 4.39. The fourth-order valence-corrected chi connectivity index (χ4v) is 2.88. The van der Waals surface area contributed by atoms with Crippen molar-refractivity contribution in [1.29, 1.82) is 0 Å².